The molecule has 0 unspecified atom stereocenters. The fourth-order valence-corrected chi connectivity index (χ4v) is 3.29. The summed E-state index contributed by atoms with van der Waals surface area (Å²) in [4.78, 5) is 16.0. The molecule has 8 bridgehead atoms. The molecule has 5 heterocycles. The van der Waals surface area contributed by atoms with Crippen molar-refractivity contribution in [3.63, 3.8) is 0 Å². The Balaban J connectivity index is 0.000000317. The normalized spacial score (nSPS) is 11.0. The molecule has 154 valence electrons. The fourth-order valence-electron chi connectivity index (χ4n) is 3.29. The first-order chi connectivity index (χ1) is 14.8. The first-order valence-corrected chi connectivity index (χ1v) is 9.76. The Morgan fingerprint density at radius 1 is 0.531 bits per heavy atom. The summed E-state index contributed by atoms with van der Waals surface area (Å²) in [5.74, 6) is 0. The van der Waals surface area contributed by atoms with E-state index in [1.54, 1.807) is 0 Å². The summed E-state index contributed by atoms with van der Waals surface area (Å²) < 4.78 is 0. The van der Waals surface area contributed by atoms with Crippen molar-refractivity contribution in [2.75, 3.05) is 0 Å². The molecule has 0 aliphatic carbocycles. The van der Waals surface area contributed by atoms with Crippen LogP contribution in [0.3, 0.4) is 0 Å². The molecule has 0 fully saturated rings. The van der Waals surface area contributed by atoms with E-state index in [1.807, 2.05) is 72.8 Å². The molecule has 1 aromatic carbocycles. The van der Waals surface area contributed by atoms with Crippen molar-refractivity contribution in [2.24, 2.45) is 0 Å². The van der Waals surface area contributed by atoms with E-state index in [1.165, 1.54) is 0 Å². The van der Waals surface area contributed by atoms with Crippen LogP contribution in [0.5, 0.6) is 0 Å². The Morgan fingerprint density at radius 2 is 0.938 bits per heavy atom. The zero-order valence-corrected chi connectivity index (χ0v) is 20.4. The maximum Gasteiger partial charge on any atom is 0.0659 e. The van der Waals surface area contributed by atoms with Crippen molar-refractivity contribution in [1.29, 1.82) is 0 Å². The number of benzene rings is 1. The monoisotopic (exact) mass is 469 g/mol. The zero-order chi connectivity index (χ0) is 20.2. The van der Waals surface area contributed by atoms with Crippen molar-refractivity contribution in [3.05, 3.63) is 108 Å². The van der Waals surface area contributed by atoms with E-state index >= 15 is 0 Å². The molecule has 0 saturated heterocycles. The molecule has 0 atom stereocenters. The molecule has 4 aromatic rings. The molecule has 5 nitrogen and oxygen atoms in total. The second kappa shape index (κ2) is 10.6. The van der Waals surface area contributed by atoms with E-state index in [2.05, 4.69) is 56.3 Å². The molecule has 6 rings (SSSR count). The number of fused-ring (bicyclic) bond motifs is 8. The molecule has 0 spiro atoms. The topological polar surface area (TPSA) is 88.9 Å². The van der Waals surface area contributed by atoms with Gasteiger partial charge in [-0.2, -0.15) is 36.4 Å². The van der Waals surface area contributed by atoms with E-state index in [0.717, 1.165) is 44.8 Å². The average molecular weight is 471 g/mol. The van der Waals surface area contributed by atoms with E-state index < -0.39 is 0 Å². The Hall–Kier alpha value is -3.60. The summed E-state index contributed by atoms with van der Waals surface area (Å²) >= 11 is 0. The second-order valence-electron chi connectivity index (χ2n) is 6.98. The number of hydrogen-bond acceptors (Lipinski definition) is 2. The van der Waals surface area contributed by atoms with Gasteiger partial charge < -0.3 is 15.4 Å². The van der Waals surface area contributed by atoms with Gasteiger partial charge in [-0.1, -0.05) is 0 Å². The van der Waals surface area contributed by atoms with Gasteiger partial charge in [-0.05, 0) is 72.8 Å². The maximum atomic E-state index is 4.62. The maximum absolute atomic E-state index is 4.62. The fraction of sp³-hybridized carbons (Fsp3) is 0. The Kier molecular flexibility index (Phi) is 7.66. The van der Waals surface area contributed by atoms with Gasteiger partial charge in [-0.3, -0.25) is 0 Å². The smallest absolute Gasteiger partial charge is 0.0659 e. The number of hydrogen-bond donors (Lipinski definition) is 2. The van der Waals surface area contributed by atoms with Crippen molar-refractivity contribution in [2.45, 2.75) is 0 Å². The SMILES string of the molecule is C1=Cc2cc3ccc(cc4ccc(cc5nc(cc1n2)C=C5)[nH]4)[nH]3.O.[Zn].[c-]1ccccc1. The van der Waals surface area contributed by atoms with Gasteiger partial charge in [0.1, 0.15) is 0 Å². The summed E-state index contributed by atoms with van der Waals surface area (Å²) in [5, 5.41) is 0. The average Bonchev–Trinajstić information content (AvgIpc) is 3.56. The van der Waals surface area contributed by atoms with Gasteiger partial charge in [-0.15, -0.1) is 0 Å². The first-order valence-electron chi connectivity index (χ1n) is 9.76. The number of nitrogens with one attached hydrogen (secondary N) is 2. The van der Waals surface area contributed by atoms with Crippen LogP contribution in [0.15, 0.2) is 78.9 Å². The number of aromatic amines is 2. The van der Waals surface area contributed by atoms with Gasteiger partial charge >= 0.3 is 0 Å². The summed E-state index contributed by atoms with van der Waals surface area (Å²) in [6.45, 7) is 0. The molecule has 32 heavy (non-hydrogen) atoms. The molecule has 0 saturated carbocycles. The first kappa shape index (κ1) is 23.1. The third kappa shape index (κ3) is 5.76. The number of rotatable bonds is 0. The molecule has 0 amide bonds. The summed E-state index contributed by atoms with van der Waals surface area (Å²) in [5.41, 5.74) is 7.86. The van der Waals surface area contributed by atoms with Crippen LogP contribution >= 0.6 is 0 Å². The van der Waals surface area contributed by atoms with E-state index in [4.69, 9.17) is 0 Å². The van der Waals surface area contributed by atoms with Gasteiger partial charge in [-0.25, -0.2) is 9.97 Å². The third-order valence-electron chi connectivity index (χ3n) is 4.65. The van der Waals surface area contributed by atoms with Crippen molar-refractivity contribution in [1.82, 2.24) is 19.9 Å². The van der Waals surface area contributed by atoms with E-state index in [-0.39, 0.29) is 25.0 Å². The van der Waals surface area contributed by atoms with Crippen molar-refractivity contribution >= 4 is 46.4 Å². The van der Waals surface area contributed by atoms with Crippen LogP contribution in [0.1, 0.15) is 22.8 Å². The predicted molar refractivity (Wildman–Crippen MR) is 128 cm³/mol. The Labute approximate surface area is 198 Å². The summed E-state index contributed by atoms with van der Waals surface area (Å²) in [6.07, 6.45) is 8.05. The molecule has 0 radical (unpaired) electrons. The summed E-state index contributed by atoms with van der Waals surface area (Å²) in [7, 11) is 0. The van der Waals surface area contributed by atoms with Gasteiger partial charge in [0, 0.05) is 41.5 Å². The van der Waals surface area contributed by atoms with Crippen LogP contribution in [0, 0.1) is 6.07 Å². The number of aromatic nitrogens is 4. The van der Waals surface area contributed by atoms with Crippen molar-refractivity contribution in [3.8, 4) is 0 Å². The molecule has 4 N–H and O–H groups in total. The predicted octanol–water partition coefficient (Wildman–Crippen LogP) is 5.32. The standard InChI is InChI=1S/C20H14N4.C6H5.H2O.Zn/c1-2-14-10-16-5-6-18(23-16)12-20-8-7-19(24-20)11-17-4-3-15(22-17)9-13(1)21-14;1-2-4-6-5-3-1;;/h1-12,21-22H;1-5H;1H2;/q;-1;;. The van der Waals surface area contributed by atoms with Gasteiger partial charge in [0.15, 0.2) is 0 Å². The van der Waals surface area contributed by atoms with Crippen LogP contribution in [0.25, 0.3) is 46.4 Å². The van der Waals surface area contributed by atoms with E-state index in [0.29, 0.717) is 0 Å². The molecule has 3 aromatic heterocycles. The van der Waals surface area contributed by atoms with Crippen LogP contribution in [-0.4, -0.2) is 25.4 Å². The molecular formula is C26H21N4OZn-. The van der Waals surface area contributed by atoms with Crippen molar-refractivity contribution < 1.29 is 25.0 Å². The van der Waals surface area contributed by atoms with E-state index in [9.17, 15) is 0 Å². The Bertz CT molecular complexity index is 1290. The molecule has 6 heteroatoms. The van der Waals surface area contributed by atoms with Crippen LogP contribution in [0.2, 0.25) is 0 Å². The Morgan fingerprint density at radius 3 is 1.31 bits per heavy atom. The quantitative estimate of drug-likeness (QED) is 0.232. The van der Waals surface area contributed by atoms with Crippen LogP contribution in [0.4, 0.5) is 0 Å². The number of nitrogens with zero attached hydrogens (tertiary/aromatic N) is 2. The van der Waals surface area contributed by atoms with Gasteiger partial charge in [0.25, 0.3) is 0 Å². The third-order valence-corrected chi connectivity index (χ3v) is 4.65. The number of H-pyrrole nitrogens is 2. The minimum Gasteiger partial charge on any atom is -0.412 e. The van der Waals surface area contributed by atoms with Crippen LogP contribution in [-0.2, 0) is 19.5 Å². The second-order valence-corrected chi connectivity index (χ2v) is 6.98. The minimum atomic E-state index is 0. The summed E-state index contributed by atoms with van der Waals surface area (Å²) in [6, 6.07) is 28.9. The largest absolute Gasteiger partial charge is 0.412 e. The molecular weight excluding hydrogens is 450 g/mol. The zero-order valence-electron chi connectivity index (χ0n) is 17.4. The minimum absolute atomic E-state index is 0. The molecule has 2 aliphatic heterocycles. The van der Waals surface area contributed by atoms with Crippen LogP contribution < -0.4 is 0 Å². The van der Waals surface area contributed by atoms with Gasteiger partial charge in [0.2, 0.25) is 0 Å². The molecule has 2 aliphatic rings. The van der Waals surface area contributed by atoms with Gasteiger partial charge in [0.05, 0.1) is 22.8 Å².